The minimum Gasteiger partial charge on any atom is -0.460 e. The first kappa shape index (κ1) is 20.1. The fourth-order valence-corrected chi connectivity index (χ4v) is 4.31. The Morgan fingerprint density at radius 1 is 1.03 bits per heavy atom. The molecule has 5 nitrogen and oxygen atoms in total. The molecule has 0 saturated carbocycles. The Labute approximate surface area is 173 Å². The van der Waals surface area contributed by atoms with E-state index in [0.717, 1.165) is 63.5 Å². The van der Waals surface area contributed by atoms with Crippen LogP contribution in [0.25, 0.3) is 11.0 Å². The van der Waals surface area contributed by atoms with Gasteiger partial charge in [0, 0.05) is 50.5 Å². The van der Waals surface area contributed by atoms with Gasteiger partial charge in [0.2, 0.25) is 0 Å². The summed E-state index contributed by atoms with van der Waals surface area (Å²) in [4.78, 5) is 8.89. The Hall–Kier alpha value is -2.21. The van der Waals surface area contributed by atoms with Crippen molar-refractivity contribution in [1.82, 2.24) is 14.8 Å². The lowest BCUT2D eigenvalue weighted by molar-refractivity contribution is 0.0577. The number of furan rings is 1. The third-order valence-corrected chi connectivity index (χ3v) is 5.80. The standard InChI is InChI=1S/C24H31N3O2/c1-19(14-20-6-8-25-9-7-20)15-22(28)17-26-10-12-27(13-11-26)18-23-16-21-4-2-3-5-24(21)29-23/h2-9,16,19,22,28H,10-15,17-18H2,1H3. The number of aliphatic hydroxyl groups is 1. The quantitative estimate of drug-likeness (QED) is 0.634. The first-order valence-electron chi connectivity index (χ1n) is 10.6. The minimum atomic E-state index is -0.270. The van der Waals surface area contributed by atoms with Gasteiger partial charge < -0.3 is 9.52 Å². The van der Waals surface area contributed by atoms with Gasteiger partial charge in [-0.05, 0) is 48.6 Å². The monoisotopic (exact) mass is 393 g/mol. The van der Waals surface area contributed by atoms with Crippen LogP contribution in [0.5, 0.6) is 0 Å². The zero-order valence-corrected chi connectivity index (χ0v) is 17.2. The summed E-state index contributed by atoms with van der Waals surface area (Å²) in [6, 6.07) is 14.4. The molecule has 2 atom stereocenters. The number of piperazine rings is 1. The Morgan fingerprint density at radius 3 is 2.52 bits per heavy atom. The number of rotatable bonds is 8. The van der Waals surface area contributed by atoms with Gasteiger partial charge in [0.15, 0.2) is 0 Å². The normalized spacial score (nSPS) is 18.1. The fraction of sp³-hybridized carbons (Fsp3) is 0.458. The van der Waals surface area contributed by atoms with E-state index >= 15 is 0 Å². The van der Waals surface area contributed by atoms with Crippen molar-refractivity contribution in [3.8, 4) is 0 Å². The molecule has 4 rings (SSSR count). The first-order chi connectivity index (χ1) is 14.2. The molecule has 1 aliphatic rings. The highest BCUT2D eigenvalue weighted by Crippen LogP contribution is 2.21. The van der Waals surface area contributed by atoms with E-state index in [9.17, 15) is 5.11 Å². The number of hydrogen-bond donors (Lipinski definition) is 1. The molecule has 5 heteroatoms. The van der Waals surface area contributed by atoms with Gasteiger partial charge in [-0.25, -0.2) is 0 Å². The van der Waals surface area contributed by atoms with E-state index in [1.807, 2.05) is 30.6 Å². The predicted octanol–water partition coefficient (Wildman–Crippen LogP) is 3.58. The van der Waals surface area contributed by atoms with Crippen LogP contribution < -0.4 is 0 Å². The van der Waals surface area contributed by atoms with Crippen LogP contribution >= 0.6 is 0 Å². The lowest BCUT2D eigenvalue weighted by atomic mass is 9.96. The molecule has 3 heterocycles. The van der Waals surface area contributed by atoms with Crippen molar-refractivity contribution in [2.24, 2.45) is 5.92 Å². The number of aliphatic hydroxyl groups excluding tert-OH is 1. The maximum absolute atomic E-state index is 10.5. The molecule has 0 amide bonds. The van der Waals surface area contributed by atoms with Crippen molar-refractivity contribution in [3.63, 3.8) is 0 Å². The van der Waals surface area contributed by atoms with Crippen molar-refractivity contribution < 1.29 is 9.52 Å². The van der Waals surface area contributed by atoms with Crippen LogP contribution in [0, 0.1) is 5.92 Å². The maximum Gasteiger partial charge on any atom is 0.134 e. The number of hydrogen-bond acceptors (Lipinski definition) is 5. The van der Waals surface area contributed by atoms with Crippen molar-refractivity contribution in [1.29, 1.82) is 0 Å². The Morgan fingerprint density at radius 2 is 1.76 bits per heavy atom. The van der Waals surface area contributed by atoms with E-state index in [0.29, 0.717) is 5.92 Å². The lowest BCUT2D eigenvalue weighted by Gasteiger charge is -2.35. The second-order valence-electron chi connectivity index (χ2n) is 8.38. The van der Waals surface area contributed by atoms with Crippen molar-refractivity contribution in [3.05, 3.63) is 66.2 Å². The summed E-state index contributed by atoms with van der Waals surface area (Å²) in [5.41, 5.74) is 2.25. The largest absolute Gasteiger partial charge is 0.460 e. The average Bonchev–Trinajstić information content (AvgIpc) is 3.12. The zero-order chi connectivity index (χ0) is 20.1. The van der Waals surface area contributed by atoms with E-state index in [2.05, 4.69) is 46.0 Å². The fourth-order valence-electron chi connectivity index (χ4n) is 4.31. The van der Waals surface area contributed by atoms with E-state index in [4.69, 9.17) is 4.42 Å². The maximum atomic E-state index is 10.5. The molecular formula is C24H31N3O2. The number of nitrogens with zero attached hydrogens (tertiary/aromatic N) is 3. The summed E-state index contributed by atoms with van der Waals surface area (Å²) < 4.78 is 5.96. The van der Waals surface area contributed by atoms with Crippen LogP contribution in [0.15, 0.2) is 59.3 Å². The zero-order valence-electron chi connectivity index (χ0n) is 17.2. The second-order valence-corrected chi connectivity index (χ2v) is 8.38. The number of para-hydroxylation sites is 1. The molecule has 154 valence electrons. The Kier molecular flexibility index (Phi) is 6.60. The first-order valence-corrected chi connectivity index (χ1v) is 10.6. The minimum absolute atomic E-state index is 0.270. The van der Waals surface area contributed by atoms with Crippen LogP contribution in [-0.2, 0) is 13.0 Å². The number of fused-ring (bicyclic) bond motifs is 1. The second kappa shape index (κ2) is 9.53. The van der Waals surface area contributed by atoms with Gasteiger partial charge in [0.1, 0.15) is 11.3 Å². The molecule has 1 N–H and O–H groups in total. The van der Waals surface area contributed by atoms with Gasteiger partial charge in [-0.3, -0.25) is 14.8 Å². The number of aromatic nitrogens is 1. The highest BCUT2D eigenvalue weighted by atomic mass is 16.3. The van der Waals surface area contributed by atoms with Gasteiger partial charge in [-0.2, -0.15) is 0 Å². The lowest BCUT2D eigenvalue weighted by Crippen LogP contribution is -2.48. The SMILES string of the molecule is CC(Cc1ccncc1)CC(O)CN1CCN(Cc2cc3ccccc3o2)CC1. The molecule has 0 radical (unpaired) electrons. The summed E-state index contributed by atoms with van der Waals surface area (Å²) in [7, 11) is 0. The summed E-state index contributed by atoms with van der Waals surface area (Å²) in [6.07, 6.45) is 5.23. The molecule has 2 unspecified atom stereocenters. The predicted molar refractivity (Wildman–Crippen MR) is 116 cm³/mol. The number of pyridine rings is 1. The molecule has 0 aliphatic carbocycles. The third-order valence-electron chi connectivity index (χ3n) is 5.80. The molecule has 3 aromatic rings. The van der Waals surface area contributed by atoms with E-state index in [1.54, 1.807) is 0 Å². The highest BCUT2D eigenvalue weighted by molar-refractivity contribution is 5.77. The smallest absolute Gasteiger partial charge is 0.134 e. The van der Waals surface area contributed by atoms with Crippen LogP contribution in [0.3, 0.4) is 0 Å². The number of benzene rings is 1. The van der Waals surface area contributed by atoms with Crippen LogP contribution in [-0.4, -0.2) is 58.7 Å². The van der Waals surface area contributed by atoms with Crippen molar-refractivity contribution >= 4 is 11.0 Å². The molecular weight excluding hydrogens is 362 g/mol. The summed E-state index contributed by atoms with van der Waals surface area (Å²) in [5, 5.41) is 11.7. The molecule has 1 saturated heterocycles. The molecule has 0 spiro atoms. The van der Waals surface area contributed by atoms with E-state index in [1.165, 1.54) is 10.9 Å². The van der Waals surface area contributed by atoms with Gasteiger partial charge >= 0.3 is 0 Å². The molecule has 29 heavy (non-hydrogen) atoms. The molecule has 0 bridgehead atoms. The van der Waals surface area contributed by atoms with Crippen LogP contribution in [0.1, 0.15) is 24.7 Å². The van der Waals surface area contributed by atoms with E-state index < -0.39 is 0 Å². The van der Waals surface area contributed by atoms with Gasteiger partial charge in [0.05, 0.1) is 12.6 Å². The van der Waals surface area contributed by atoms with Gasteiger partial charge in [-0.15, -0.1) is 0 Å². The Balaban J connectivity index is 1.19. The summed E-state index contributed by atoms with van der Waals surface area (Å²) >= 11 is 0. The van der Waals surface area contributed by atoms with Gasteiger partial charge in [0.25, 0.3) is 0 Å². The van der Waals surface area contributed by atoms with Crippen molar-refractivity contribution in [2.45, 2.75) is 32.4 Å². The summed E-state index contributed by atoms with van der Waals surface area (Å²) in [6.45, 7) is 7.85. The van der Waals surface area contributed by atoms with E-state index in [-0.39, 0.29) is 6.10 Å². The third kappa shape index (κ3) is 5.66. The highest BCUT2D eigenvalue weighted by Gasteiger charge is 2.21. The molecule has 1 aliphatic heterocycles. The topological polar surface area (TPSA) is 52.7 Å². The van der Waals surface area contributed by atoms with Gasteiger partial charge in [-0.1, -0.05) is 25.1 Å². The summed E-state index contributed by atoms with van der Waals surface area (Å²) in [5.74, 6) is 1.49. The molecule has 1 fully saturated rings. The van der Waals surface area contributed by atoms with Crippen LogP contribution in [0.2, 0.25) is 0 Å². The Bertz CT molecular complexity index is 854. The van der Waals surface area contributed by atoms with Crippen LogP contribution in [0.4, 0.5) is 0 Å². The average molecular weight is 394 g/mol. The molecule has 2 aromatic heterocycles. The van der Waals surface area contributed by atoms with Crippen molar-refractivity contribution in [2.75, 3.05) is 32.7 Å². The molecule has 1 aromatic carbocycles. The number of β-amino-alcohol motifs (C(OH)–C–C–N with tert-alkyl or cyclic N) is 1.